The minimum Gasteiger partial charge on any atom is -0.490 e. The zero-order valence-electron chi connectivity index (χ0n) is 27.2. The lowest BCUT2D eigenvalue weighted by Crippen LogP contribution is -2.76. The molecule has 9 rings (SSSR count). The summed E-state index contributed by atoms with van der Waals surface area (Å²) < 4.78 is 32.5. The first kappa shape index (κ1) is 28.3. The molecule has 0 saturated heterocycles. The van der Waals surface area contributed by atoms with E-state index in [1.807, 2.05) is 85.1 Å². The zero-order valence-corrected chi connectivity index (χ0v) is 27.2. The lowest BCUT2D eigenvalue weighted by atomic mass is 9.85. The van der Waals surface area contributed by atoms with E-state index in [0.29, 0.717) is 13.2 Å². The topological polar surface area (TPSA) is 62.5 Å². The second-order valence-electron chi connectivity index (χ2n) is 12.4. The smallest absolute Gasteiger partial charge is 0.452 e. The van der Waals surface area contributed by atoms with Crippen molar-refractivity contribution in [3.8, 4) is 40.3 Å². The number of hydrogen-bond acceptors (Lipinski definition) is 5. The molecular formula is C40H34N4O4+2. The molecule has 48 heavy (non-hydrogen) atoms. The van der Waals surface area contributed by atoms with Gasteiger partial charge in [0.25, 0.3) is 5.69 Å². The van der Waals surface area contributed by atoms with Gasteiger partial charge in [-0.1, -0.05) is 34.9 Å². The van der Waals surface area contributed by atoms with E-state index < -0.39 is 5.66 Å². The quantitative estimate of drug-likeness (QED) is 0.136. The van der Waals surface area contributed by atoms with Crippen molar-refractivity contribution in [3.63, 3.8) is 0 Å². The van der Waals surface area contributed by atoms with Crippen LogP contribution < -0.4 is 28.2 Å². The minimum absolute atomic E-state index is 0.392. The van der Waals surface area contributed by atoms with Gasteiger partial charge in [-0.05, 0) is 96.8 Å². The number of nitrogens with zero attached hydrogens (tertiary/aromatic N) is 4. The number of hydrogen-bond donors (Lipinski definition) is 0. The van der Waals surface area contributed by atoms with E-state index in [1.165, 1.54) is 5.57 Å². The summed E-state index contributed by atoms with van der Waals surface area (Å²) in [4.78, 5) is 4.50. The van der Waals surface area contributed by atoms with Gasteiger partial charge >= 0.3 is 11.5 Å². The highest BCUT2D eigenvalue weighted by Gasteiger charge is 2.72. The Morgan fingerprint density at radius 3 is 2.27 bits per heavy atom. The van der Waals surface area contributed by atoms with Crippen molar-refractivity contribution in [1.82, 2.24) is 9.67 Å². The normalized spacial score (nSPS) is 16.4. The largest absolute Gasteiger partial charge is 0.490 e. The van der Waals surface area contributed by atoms with Crippen LogP contribution in [0.2, 0.25) is 0 Å². The Labute approximate surface area is 278 Å². The van der Waals surface area contributed by atoms with Crippen molar-refractivity contribution in [3.05, 3.63) is 143 Å². The average Bonchev–Trinajstić information content (AvgIpc) is 3.57. The van der Waals surface area contributed by atoms with E-state index >= 15 is 0 Å². The van der Waals surface area contributed by atoms with Crippen LogP contribution in [0.15, 0.2) is 109 Å². The molecule has 0 bridgehead atoms. The molecule has 6 aromatic rings. The Hall–Kier alpha value is -5.89. The lowest BCUT2D eigenvalue weighted by molar-refractivity contribution is -0.999. The Bertz CT molecular complexity index is 2280. The maximum absolute atomic E-state index is 6.55. The molecule has 1 atom stereocenters. The predicted octanol–water partition coefficient (Wildman–Crippen LogP) is 7.30. The predicted molar refractivity (Wildman–Crippen MR) is 180 cm³/mol. The second kappa shape index (κ2) is 10.6. The van der Waals surface area contributed by atoms with Crippen molar-refractivity contribution in [2.45, 2.75) is 33.4 Å². The minimum atomic E-state index is -0.763. The van der Waals surface area contributed by atoms with Crippen LogP contribution in [0, 0.1) is 13.8 Å². The Morgan fingerprint density at radius 2 is 1.48 bits per heavy atom. The van der Waals surface area contributed by atoms with Crippen LogP contribution in [0.3, 0.4) is 0 Å². The van der Waals surface area contributed by atoms with Crippen LogP contribution in [0.5, 0.6) is 34.6 Å². The van der Waals surface area contributed by atoms with Crippen molar-refractivity contribution in [2.75, 3.05) is 13.2 Å². The number of pyridine rings is 2. The summed E-state index contributed by atoms with van der Waals surface area (Å²) >= 11 is 0. The SMILES string of the molecule is C/C(=C(/C)c1ccccn1)c1ccc(OCCOc2c(C)n3[n+](c2C)C24c5c(cccc5Oc5cccc[n+]52)Oc2cccc-3c24)cc1. The summed E-state index contributed by atoms with van der Waals surface area (Å²) in [5.74, 6) is 4.77. The molecule has 1 unspecified atom stereocenters. The maximum Gasteiger partial charge on any atom is 0.452 e. The summed E-state index contributed by atoms with van der Waals surface area (Å²) in [7, 11) is 0. The molecule has 3 aromatic heterocycles. The summed E-state index contributed by atoms with van der Waals surface area (Å²) in [5.41, 5.74) is 8.80. The highest BCUT2D eigenvalue weighted by Crippen LogP contribution is 2.56. The zero-order chi connectivity index (χ0) is 32.6. The molecule has 0 radical (unpaired) electrons. The van der Waals surface area contributed by atoms with Crippen molar-refractivity contribution < 1.29 is 28.2 Å². The van der Waals surface area contributed by atoms with Gasteiger partial charge in [-0.25, -0.2) is 0 Å². The third-order valence-corrected chi connectivity index (χ3v) is 9.82. The molecular weight excluding hydrogens is 600 g/mol. The molecule has 0 saturated carbocycles. The Balaban J connectivity index is 1.03. The van der Waals surface area contributed by atoms with E-state index in [0.717, 1.165) is 79.7 Å². The van der Waals surface area contributed by atoms with Crippen LogP contribution in [0.25, 0.3) is 16.8 Å². The van der Waals surface area contributed by atoms with Gasteiger partial charge in [0.2, 0.25) is 5.75 Å². The molecule has 8 heteroatoms. The van der Waals surface area contributed by atoms with Crippen molar-refractivity contribution in [2.24, 2.45) is 0 Å². The van der Waals surface area contributed by atoms with Gasteiger partial charge in [0.15, 0.2) is 23.1 Å². The highest BCUT2D eigenvalue weighted by molar-refractivity contribution is 5.87. The molecule has 6 heterocycles. The van der Waals surface area contributed by atoms with Crippen molar-refractivity contribution >= 4 is 11.1 Å². The van der Waals surface area contributed by atoms with Gasteiger partial charge in [0, 0.05) is 19.2 Å². The number of allylic oxidation sites excluding steroid dienone is 2. The molecule has 0 N–H and O–H groups in total. The molecule has 0 fully saturated rings. The maximum atomic E-state index is 6.55. The summed E-state index contributed by atoms with van der Waals surface area (Å²) in [6.07, 6.45) is 3.91. The van der Waals surface area contributed by atoms with Gasteiger partial charge in [-0.15, -0.1) is 4.68 Å². The van der Waals surface area contributed by atoms with Crippen molar-refractivity contribution in [1.29, 1.82) is 0 Å². The fourth-order valence-electron chi connectivity index (χ4n) is 7.58. The van der Waals surface area contributed by atoms with E-state index in [9.17, 15) is 0 Å². The third kappa shape index (κ3) is 3.86. The highest BCUT2D eigenvalue weighted by atomic mass is 16.5. The fourth-order valence-corrected chi connectivity index (χ4v) is 7.58. The molecule has 1 spiro atoms. The van der Waals surface area contributed by atoms with Gasteiger partial charge in [-0.3, -0.25) is 4.98 Å². The van der Waals surface area contributed by atoms with Crippen LogP contribution in [-0.2, 0) is 5.66 Å². The third-order valence-electron chi connectivity index (χ3n) is 9.82. The monoisotopic (exact) mass is 634 g/mol. The van der Waals surface area contributed by atoms with E-state index in [2.05, 4.69) is 71.0 Å². The number of aromatic nitrogens is 4. The number of fused-ring (bicyclic) bond motifs is 3. The van der Waals surface area contributed by atoms with E-state index in [4.69, 9.17) is 18.9 Å². The van der Waals surface area contributed by atoms with Gasteiger partial charge in [0.1, 0.15) is 41.8 Å². The fraction of sp³-hybridized carbons (Fsp3) is 0.175. The Morgan fingerprint density at radius 1 is 0.750 bits per heavy atom. The standard InChI is InChI=1S/C40H34N4O4/c1-25(26(2)31-11-5-7-21-41-31)29-17-19-30(20-18-29)45-23-24-46-39-27(3)43-32-12-9-13-33-37(32)40(44(43)28(39)4)38-34(47-33)14-10-15-35(38)48-36-16-6-8-22-42(36)40/h5-22H,23-24H2,1-4H3/q+2/b26-25+. The van der Waals surface area contributed by atoms with E-state index in [-0.39, 0.29) is 0 Å². The molecule has 0 aliphatic carbocycles. The lowest BCUT2D eigenvalue weighted by Gasteiger charge is -2.31. The molecule has 3 aliphatic heterocycles. The first-order chi connectivity index (χ1) is 23.5. The molecule has 3 aromatic carbocycles. The molecule has 236 valence electrons. The van der Waals surface area contributed by atoms with Gasteiger partial charge in [0.05, 0.1) is 11.8 Å². The van der Waals surface area contributed by atoms with E-state index in [1.54, 1.807) is 0 Å². The number of rotatable bonds is 7. The summed E-state index contributed by atoms with van der Waals surface area (Å²) in [6, 6.07) is 32.5. The summed E-state index contributed by atoms with van der Waals surface area (Å²) in [6.45, 7) is 9.26. The first-order valence-electron chi connectivity index (χ1n) is 16.2. The van der Waals surface area contributed by atoms with Crippen LogP contribution in [0.1, 0.15) is 47.6 Å². The molecule has 0 amide bonds. The van der Waals surface area contributed by atoms with Crippen LogP contribution in [-0.4, -0.2) is 22.9 Å². The number of benzene rings is 3. The molecule has 3 aliphatic rings. The molecule has 8 nitrogen and oxygen atoms in total. The number of ether oxygens (including phenoxy) is 4. The van der Waals surface area contributed by atoms with Crippen LogP contribution >= 0.6 is 0 Å². The summed E-state index contributed by atoms with van der Waals surface area (Å²) in [5, 5.41) is 0. The van der Waals surface area contributed by atoms with Crippen LogP contribution in [0.4, 0.5) is 0 Å². The Kier molecular flexibility index (Phi) is 6.24. The van der Waals surface area contributed by atoms with Gasteiger partial charge in [-0.2, -0.15) is 0 Å². The van der Waals surface area contributed by atoms with Gasteiger partial charge < -0.3 is 18.9 Å². The second-order valence-corrected chi connectivity index (χ2v) is 12.4. The first-order valence-corrected chi connectivity index (χ1v) is 16.2. The average molecular weight is 635 g/mol.